The molecule has 1 aromatic carbocycles. The number of nitrogen functional groups attached to an aromatic ring is 1. The lowest BCUT2D eigenvalue weighted by Gasteiger charge is -2.01. The van der Waals surface area contributed by atoms with Gasteiger partial charge in [0, 0.05) is 10.0 Å². The molecule has 0 radical (unpaired) electrons. The standard InChI is InChI=1S/C9H7BrClN3/c10-5-1-2-7(11)6(3-5)8-4-13-9(12)14-8/h1-4H,(H3,12,13,14). The number of halogens is 2. The van der Waals surface area contributed by atoms with Crippen LogP contribution in [0.15, 0.2) is 28.9 Å². The van der Waals surface area contributed by atoms with Crippen LogP contribution in [-0.4, -0.2) is 9.97 Å². The number of nitrogens with zero attached hydrogens (tertiary/aromatic N) is 1. The summed E-state index contributed by atoms with van der Waals surface area (Å²) < 4.78 is 0.963. The second-order valence-corrected chi connectivity index (χ2v) is 4.13. The zero-order valence-electron chi connectivity index (χ0n) is 7.09. The van der Waals surface area contributed by atoms with Crippen molar-refractivity contribution in [3.63, 3.8) is 0 Å². The number of aromatic amines is 1. The second-order valence-electron chi connectivity index (χ2n) is 2.81. The van der Waals surface area contributed by atoms with Gasteiger partial charge in [0.15, 0.2) is 5.95 Å². The fourth-order valence-corrected chi connectivity index (χ4v) is 1.76. The van der Waals surface area contributed by atoms with E-state index in [9.17, 15) is 0 Å². The maximum absolute atomic E-state index is 6.03. The van der Waals surface area contributed by atoms with Crippen molar-refractivity contribution in [1.82, 2.24) is 9.97 Å². The molecule has 2 rings (SSSR count). The van der Waals surface area contributed by atoms with Crippen LogP contribution in [-0.2, 0) is 0 Å². The summed E-state index contributed by atoms with van der Waals surface area (Å²) in [5.41, 5.74) is 7.18. The summed E-state index contributed by atoms with van der Waals surface area (Å²) in [6.07, 6.45) is 1.66. The summed E-state index contributed by atoms with van der Waals surface area (Å²) in [5.74, 6) is 0.385. The van der Waals surface area contributed by atoms with Gasteiger partial charge in [-0.2, -0.15) is 0 Å². The SMILES string of the molecule is Nc1ncc(-c2cc(Br)ccc2Cl)[nH]1. The molecule has 0 aliphatic rings. The first-order chi connectivity index (χ1) is 6.66. The number of imidazole rings is 1. The largest absolute Gasteiger partial charge is 0.369 e. The number of hydrogen-bond acceptors (Lipinski definition) is 2. The fourth-order valence-electron chi connectivity index (χ4n) is 1.18. The molecule has 3 N–H and O–H groups in total. The minimum Gasteiger partial charge on any atom is -0.369 e. The van der Waals surface area contributed by atoms with Gasteiger partial charge < -0.3 is 10.7 Å². The Bertz CT molecular complexity index is 467. The monoisotopic (exact) mass is 271 g/mol. The van der Waals surface area contributed by atoms with E-state index < -0.39 is 0 Å². The smallest absolute Gasteiger partial charge is 0.197 e. The van der Waals surface area contributed by atoms with Crippen molar-refractivity contribution in [2.75, 3.05) is 5.73 Å². The maximum atomic E-state index is 6.03. The first kappa shape index (κ1) is 9.55. The quantitative estimate of drug-likeness (QED) is 0.838. The number of benzene rings is 1. The third-order valence-electron chi connectivity index (χ3n) is 1.81. The van der Waals surface area contributed by atoms with Crippen molar-refractivity contribution in [1.29, 1.82) is 0 Å². The third-order valence-corrected chi connectivity index (χ3v) is 2.64. The Morgan fingerprint density at radius 1 is 1.43 bits per heavy atom. The molecule has 0 atom stereocenters. The Kier molecular flexibility index (Phi) is 2.48. The second kappa shape index (κ2) is 3.63. The third kappa shape index (κ3) is 1.76. The summed E-state index contributed by atoms with van der Waals surface area (Å²) >= 11 is 9.41. The van der Waals surface area contributed by atoms with E-state index >= 15 is 0 Å². The van der Waals surface area contributed by atoms with E-state index in [1.807, 2.05) is 18.2 Å². The van der Waals surface area contributed by atoms with Gasteiger partial charge in [-0.3, -0.25) is 0 Å². The average molecular weight is 273 g/mol. The van der Waals surface area contributed by atoms with Crippen molar-refractivity contribution in [2.45, 2.75) is 0 Å². The summed E-state index contributed by atoms with van der Waals surface area (Å²) in [5, 5.41) is 0.664. The van der Waals surface area contributed by atoms with Crippen molar-refractivity contribution in [2.24, 2.45) is 0 Å². The topological polar surface area (TPSA) is 54.7 Å². The molecule has 0 fully saturated rings. The minimum atomic E-state index is 0.385. The van der Waals surface area contributed by atoms with Crippen LogP contribution in [0.25, 0.3) is 11.3 Å². The fraction of sp³-hybridized carbons (Fsp3) is 0. The van der Waals surface area contributed by atoms with Crippen molar-refractivity contribution in [3.05, 3.63) is 33.9 Å². The van der Waals surface area contributed by atoms with Gasteiger partial charge in [-0.1, -0.05) is 27.5 Å². The molecule has 1 aromatic heterocycles. The zero-order valence-corrected chi connectivity index (χ0v) is 9.43. The van der Waals surface area contributed by atoms with Crippen LogP contribution < -0.4 is 5.73 Å². The molecule has 0 unspecified atom stereocenters. The van der Waals surface area contributed by atoms with E-state index in [1.54, 1.807) is 6.20 Å². The normalized spacial score (nSPS) is 10.4. The molecular weight excluding hydrogens is 265 g/mol. The number of anilines is 1. The van der Waals surface area contributed by atoms with Crippen molar-refractivity contribution >= 4 is 33.5 Å². The Morgan fingerprint density at radius 3 is 2.86 bits per heavy atom. The maximum Gasteiger partial charge on any atom is 0.197 e. The van der Waals surface area contributed by atoms with Gasteiger partial charge in [0.05, 0.1) is 16.9 Å². The van der Waals surface area contributed by atoms with Crippen molar-refractivity contribution in [3.8, 4) is 11.3 Å². The summed E-state index contributed by atoms with van der Waals surface area (Å²) in [4.78, 5) is 6.83. The van der Waals surface area contributed by atoms with Crippen LogP contribution in [0.1, 0.15) is 0 Å². The predicted molar refractivity (Wildman–Crippen MR) is 61.1 cm³/mol. The first-order valence-electron chi connectivity index (χ1n) is 3.93. The van der Waals surface area contributed by atoms with E-state index in [4.69, 9.17) is 17.3 Å². The van der Waals surface area contributed by atoms with Gasteiger partial charge >= 0.3 is 0 Å². The van der Waals surface area contributed by atoms with Crippen LogP contribution in [0, 0.1) is 0 Å². The summed E-state index contributed by atoms with van der Waals surface area (Å²) in [6, 6.07) is 5.61. The van der Waals surface area contributed by atoms with E-state index in [0.717, 1.165) is 15.7 Å². The van der Waals surface area contributed by atoms with Gasteiger partial charge in [0.2, 0.25) is 0 Å². The minimum absolute atomic E-state index is 0.385. The van der Waals surface area contributed by atoms with Crippen LogP contribution in [0.4, 0.5) is 5.95 Å². The molecule has 1 heterocycles. The lowest BCUT2D eigenvalue weighted by atomic mass is 10.2. The van der Waals surface area contributed by atoms with Crippen LogP contribution in [0.5, 0.6) is 0 Å². The van der Waals surface area contributed by atoms with E-state index in [0.29, 0.717) is 11.0 Å². The Hall–Kier alpha value is -1.00. The number of H-pyrrole nitrogens is 1. The number of rotatable bonds is 1. The highest BCUT2D eigenvalue weighted by Crippen LogP contribution is 2.29. The summed E-state index contributed by atoms with van der Waals surface area (Å²) in [6.45, 7) is 0. The Labute approximate surface area is 94.4 Å². The van der Waals surface area contributed by atoms with E-state index in [-0.39, 0.29) is 0 Å². The molecule has 2 aromatic rings. The number of hydrogen-bond donors (Lipinski definition) is 2. The summed E-state index contributed by atoms with van der Waals surface area (Å²) in [7, 11) is 0. The van der Waals surface area contributed by atoms with Gasteiger partial charge in [0.25, 0.3) is 0 Å². The molecule has 14 heavy (non-hydrogen) atoms. The van der Waals surface area contributed by atoms with E-state index in [1.165, 1.54) is 0 Å². The molecule has 3 nitrogen and oxygen atoms in total. The average Bonchev–Trinajstić information content (AvgIpc) is 2.56. The van der Waals surface area contributed by atoms with Crippen LogP contribution in [0.3, 0.4) is 0 Å². The molecule has 0 aliphatic heterocycles. The lowest BCUT2D eigenvalue weighted by molar-refractivity contribution is 1.33. The molecule has 72 valence electrons. The molecule has 0 bridgehead atoms. The molecule has 0 spiro atoms. The Morgan fingerprint density at radius 2 is 2.21 bits per heavy atom. The zero-order chi connectivity index (χ0) is 10.1. The number of nitrogens with one attached hydrogen (secondary N) is 1. The lowest BCUT2D eigenvalue weighted by Crippen LogP contribution is -1.86. The predicted octanol–water partition coefficient (Wildman–Crippen LogP) is 3.07. The van der Waals surface area contributed by atoms with Crippen LogP contribution >= 0.6 is 27.5 Å². The highest BCUT2D eigenvalue weighted by atomic mass is 79.9. The molecular formula is C9H7BrClN3. The Balaban J connectivity index is 2.55. The molecule has 0 amide bonds. The first-order valence-corrected chi connectivity index (χ1v) is 5.10. The molecule has 5 heteroatoms. The molecule has 0 aliphatic carbocycles. The van der Waals surface area contributed by atoms with Gasteiger partial charge in [0.1, 0.15) is 0 Å². The highest BCUT2D eigenvalue weighted by Gasteiger charge is 2.06. The van der Waals surface area contributed by atoms with Crippen molar-refractivity contribution < 1.29 is 0 Å². The van der Waals surface area contributed by atoms with Gasteiger partial charge in [-0.15, -0.1) is 0 Å². The molecule has 0 saturated carbocycles. The number of nitrogens with two attached hydrogens (primary N) is 1. The molecule has 0 saturated heterocycles. The van der Waals surface area contributed by atoms with Crippen LogP contribution in [0.2, 0.25) is 5.02 Å². The van der Waals surface area contributed by atoms with Gasteiger partial charge in [-0.05, 0) is 18.2 Å². The van der Waals surface area contributed by atoms with Gasteiger partial charge in [-0.25, -0.2) is 4.98 Å². The highest BCUT2D eigenvalue weighted by molar-refractivity contribution is 9.10. The van der Waals surface area contributed by atoms with E-state index in [2.05, 4.69) is 25.9 Å². The number of aromatic nitrogens is 2.